The summed E-state index contributed by atoms with van der Waals surface area (Å²) in [5.41, 5.74) is 3.16. The molecule has 2 aromatic rings. The molecule has 1 unspecified atom stereocenters. The minimum absolute atomic E-state index is 0.0992. The van der Waals surface area contributed by atoms with Crippen molar-refractivity contribution in [2.45, 2.75) is 77.9 Å². The zero-order valence-electron chi connectivity index (χ0n) is 23.2. The lowest BCUT2D eigenvalue weighted by atomic mass is 9.95. The fourth-order valence-electron chi connectivity index (χ4n) is 4.93. The predicted molar refractivity (Wildman–Crippen MR) is 151 cm³/mol. The van der Waals surface area contributed by atoms with Gasteiger partial charge in [0, 0.05) is 12.6 Å². The lowest BCUT2D eigenvalue weighted by molar-refractivity contribution is -0.140. The number of rotatable bonds is 11. The monoisotopic (exact) mass is 543 g/mol. The van der Waals surface area contributed by atoms with Gasteiger partial charge in [-0.05, 0) is 74.1 Å². The van der Waals surface area contributed by atoms with E-state index in [1.165, 1.54) is 11.3 Å². The van der Waals surface area contributed by atoms with Gasteiger partial charge in [-0.1, -0.05) is 44.4 Å². The SMILES string of the molecule is CCC(C(=O)NC1CCCCC1)N(Cc1cccc(OC)c1)C(=O)CN(c1ccc(C)c(C)c1)S(C)(=O)=O. The number of methoxy groups -OCH3 is 1. The van der Waals surface area contributed by atoms with Gasteiger partial charge in [-0.3, -0.25) is 13.9 Å². The van der Waals surface area contributed by atoms with Crippen LogP contribution in [-0.2, 0) is 26.2 Å². The summed E-state index contributed by atoms with van der Waals surface area (Å²) in [5.74, 6) is -0.00246. The third-order valence-corrected chi connectivity index (χ3v) is 8.42. The van der Waals surface area contributed by atoms with Crippen LogP contribution in [0.1, 0.15) is 62.1 Å². The van der Waals surface area contributed by atoms with E-state index in [1.807, 2.05) is 51.1 Å². The van der Waals surface area contributed by atoms with E-state index < -0.39 is 28.5 Å². The number of hydrogen-bond donors (Lipinski definition) is 1. The summed E-state index contributed by atoms with van der Waals surface area (Å²) in [5, 5.41) is 3.15. The van der Waals surface area contributed by atoms with Crippen molar-refractivity contribution in [2.24, 2.45) is 0 Å². The molecular formula is C29H41N3O5S. The maximum absolute atomic E-state index is 13.9. The first kappa shape index (κ1) is 29.5. The highest BCUT2D eigenvalue weighted by atomic mass is 32.2. The number of carbonyl (C=O) groups is 2. The molecule has 0 aliphatic heterocycles. The third kappa shape index (κ3) is 7.72. The van der Waals surface area contributed by atoms with Gasteiger partial charge in [0.15, 0.2) is 0 Å². The maximum Gasteiger partial charge on any atom is 0.244 e. The summed E-state index contributed by atoms with van der Waals surface area (Å²) in [7, 11) is -2.20. The van der Waals surface area contributed by atoms with Crippen molar-refractivity contribution in [3.05, 3.63) is 59.2 Å². The normalized spacial score (nSPS) is 15.0. The number of aryl methyl sites for hydroxylation is 2. The number of ether oxygens (including phenoxy) is 1. The van der Waals surface area contributed by atoms with E-state index in [0.29, 0.717) is 17.9 Å². The fourth-order valence-corrected chi connectivity index (χ4v) is 5.77. The lowest BCUT2D eigenvalue weighted by Crippen LogP contribution is -2.53. The molecule has 0 aromatic heterocycles. The molecule has 2 amide bonds. The van der Waals surface area contributed by atoms with E-state index in [-0.39, 0.29) is 18.5 Å². The van der Waals surface area contributed by atoms with Crippen molar-refractivity contribution < 1.29 is 22.7 Å². The van der Waals surface area contributed by atoms with E-state index in [1.54, 1.807) is 19.2 Å². The van der Waals surface area contributed by atoms with Gasteiger partial charge in [0.1, 0.15) is 18.3 Å². The minimum Gasteiger partial charge on any atom is -0.497 e. The second-order valence-corrected chi connectivity index (χ2v) is 12.1. The molecule has 1 saturated carbocycles. The van der Waals surface area contributed by atoms with Gasteiger partial charge in [0.2, 0.25) is 21.8 Å². The Balaban J connectivity index is 1.94. The molecule has 1 fully saturated rings. The molecule has 3 rings (SSSR count). The summed E-state index contributed by atoms with van der Waals surface area (Å²) < 4.78 is 32.1. The summed E-state index contributed by atoms with van der Waals surface area (Å²) in [6.07, 6.45) is 6.68. The van der Waals surface area contributed by atoms with Crippen LogP contribution in [0.2, 0.25) is 0 Å². The predicted octanol–water partition coefficient (Wildman–Crippen LogP) is 4.33. The Labute approximate surface area is 227 Å². The van der Waals surface area contributed by atoms with E-state index in [0.717, 1.165) is 52.9 Å². The minimum atomic E-state index is -3.77. The fraction of sp³-hybridized carbons (Fsp3) is 0.517. The number of nitrogens with one attached hydrogen (secondary N) is 1. The van der Waals surface area contributed by atoms with Crippen molar-refractivity contribution >= 4 is 27.5 Å². The number of nitrogens with zero attached hydrogens (tertiary/aromatic N) is 2. The molecule has 38 heavy (non-hydrogen) atoms. The average Bonchev–Trinajstić information content (AvgIpc) is 2.88. The van der Waals surface area contributed by atoms with E-state index in [2.05, 4.69) is 5.32 Å². The summed E-state index contributed by atoms with van der Waals surface area (Å²) in [4.78, 5) is 28.9. The van der Waals surface area contributed by atoms with Crippen molar-refractivity contribution in [1.82, 2.24) is 10.2 Å². The molecule has 1 atom stereocenters. The molecule has 8 nitrogen and oxygen atoms in total. The van der Waals surface area contributed by atoms with Crippen LogP contribution >= 0.6 is 0 Å². The molecule has 208 valence electrons. The second-order valence-electron chi connectivity index (χ2n) is 10.2. The standard InChI is InChI=1S/C29H41N3O5S/c1-6-27(29(34)30-24-12-8-7-9-13-24)31(19-23-11-10-14-26(18-23)37-4)28(33)20-32(38(5,35)36)25-16-15-21(2)22(3)17-25/h10-11,14-18,24,27H,6-9,12-13,19-20H2,1-5H3,(H,30,34). The van der Waals surface area contributed by atoms with Crippen LogP contribution in [0.25, 0.3) is 0 Å². The zero-order valence-corrected chi connectivity index (χ0v) is 24.0. The molecule has 2 aromatic carbocycles. The molecular weight excluding hydrogens is 502 g/mol. The smallest absolute Gasteiger partial charge is 0.244 e. The number of hydrogen-bond acceptors (Lipinski definition) is 5. The molecule has 1 aliphatic carbocycles. The molecule has 1 N–H and O–H groups in total. The summed E-state index contributed by atoms with van der Waals surface area (Å²) in [6, 6.07) is 12.0. The van der Waals surface area contributed by atoms with Gasteiger partial charge in [0.05, 0.1) is 19.1 Å². The summed E-state index contributed by atoms with van der Waals surface area (Å²) in [6.45, 7) is 5.46. The van der Waals surface area contributed by atoms with Crippen molar-refractivity contribution in [2.75, 3.05) is 24.2 Å². The van der Waals surface area contributed by atoms with Gasteiger partial charge in [-0.25, -0.2) is 8.42 Å². The highest BCUT2D eigenvalue weighted by Gasteiger charge is 2.33. The Morgan fingerprint density at radius 3 is 2.37 bits per heavy atom. The van der Waals surface area contributed by atoms with Crippen LogP contribution in [0.5, 0.6) is 5.75 Å². The van der Waals surface area contributed by atoms with Crippen LogP contribution in [0.15, 0.2) is 42.5 Å². The number of benzene rings is 2. The summed E-state index contributed by atoms with van der Waals surface area (Å²) >= 11 is 0. The van der Waals surface area contributed by atoms with Gasteiger partial charge in [-0.15, -0.1) is 0 Å². The lowest BCUT2D eigenvalue weighted by Gasteiger charge is -2.34. The van der Waals surface area contributed by atoms with Crippen LogP contribution in [-0.4, -0.2) is 57.1 Å². The van der Waals surface area contributed by atoms with Crippen LogP contribution in [0, 0.1) is 13.8 Å². The van der Waals surface area contributed by atoms with Crippen LogP contribution in [0.3, 0.4) is 0 Å². The first-order chi connectivity index (χ1) is 18.0. The highest BCUT2D eigenvalue weighted by Crippen LogP contribution is 2.24. The van der Waals surface area contributed by atoms with E-state index in [9.17, 15) is 18.0 Å². The Morgan fingerprint density at radius 1 is 1.05 bits per heavy atom. The zero-order chi connectivity index (χ0) is 27.9. The van der Waals surface area contributed by atoms with Gasteiger partial charge < -0.3 is 15.0 Å². The first-order valence-corrected chi connectivity index (χ1v) is 15.2. The number of amides is 2. The first-order valence-electron chi connectivity index (χ1n) is 13.3. The van der Waals surface area contributed by atoms with Gasteiger partial charge >= 0.3 is 0 Å². The second kappa shape index (κ2) is 13.1. The Bertz CT molecular complexity index is 1220. The van der Waals surface area contributed by atoms with Crippen LogP contribution < -0.4 is 14.4 Å². The Hall–Kier alpha value is -3.07. The number of anilines is 1. The molecule has 0 saturated heterocycles. The van der Waals surface area contributed by atoms with Crippen molar-refractivity contribution in [3.8, 4) is 5.75 Å². The number of sulfonamides is 1. The Morgan fingerprint density at radius 2 is 1.76 bits per heavy atom. The largest absolute Gasteiger partial charge is 0.497 e. The topological polar surface area (TPSA) is 96.0 Å². The average molecular weight is 544 g/mol. The molecule has 1 aliphatic rings. The maximum atomic E-state index is 13.9. The van der Waals surface area contributed by atoms with Crippen molar-refractivity contribution in [1.29, 1.82) is 0 Å². The molecule has 0 spiro atoms. The Kier molecular flexibility index (Phi) is 10.2. The number of carbonyl (C=O) groups excluding carboxylic acids is 2. The highest BCUT2D eigenvalue weighted by molar-refractivity contribution is 7.92. The molecule has 0 radical (unpaired) electrons. The molecule has 0 bridgehead atoms. The van der Waals surface area contributed by atoms with Crippen molar-refractivity contribution in [3.63, 3.8) is 0 Å². The van der Waals surface area contributed by atoms with Gasteiger partial charge in [0.25, 0.3) is 0 Å². The molecule has 0 heterocycles. The van der Waals surface area contributed by atoms with E-state index >= 15 is 0 Å². The van der Waals surface area contributed by atoms with Gasteiger partial charge in [-0.2, -0.15) is 0 Å². The third-order valence-electron chi connectivity index (χ3n) is 7.28. The quantitative estimate of drug-likeness (QED) is 0.455. The van der Waals surface area contributed by atoms with E-state index in [4.69, 9.17) is 4.74 Å². The molecule has 9 heteroatoms. The van der Waals surface area contributed by atoms with Crippen LogP contribution in [0.4, 0.5) is 5.69 Å².